The van der Waals surface area contributed by atoms with E-state index in [0.29, 0.717) is 34.5 Å². The second-order valence-electron chi connectivity index (χ2n) is 6.41. The number of methoxy groups -OCH3 is 1. The predicted octanol–water partition coefficient (Wildman–Crippen LogP) is 5.83. The van der Waals surface area contributed by atoms with E-state index in [4.69, 9.17) is 21.1 Å². The van der Waals surface area contributed by atoms with Crippen LogP contribution in [0.25, 0.3) is 10.6 Å². The predicted molar refractivity (Wildman–Crippen MR) is 118 cm³/mol. The van der Waals surface area contributed by atoms with Gasteiger partial charge in [-0.1, -0.05) is 43.1 Å². The van der Waals surface area contributed by atoms with Crippen LogP contribution in [0, 0.1) is 0 Å². The molecular formula is C22H23ClN2O3S. The van der Waals surface area contributed by atoms with E-state index in [0.717, 1.165) is 23.4 Å². The van der Waals surface area contributed by atoms with Crippen LogP contribution in [0.15, 0.2) is 47.8 Å². The summed E-state index contributed by atoms with van der Waals surface area (Å²) in [5.74, 6) is 1.11. The maximum absolute atomic E-state index is 12.6. The summed E-state index contributed by atoms with van der Waals surface area (Å²) in [5.41, 5.74) is 2.15. The highest BCUT2D eigenvalue weighted by Crippen LogP contribution is 2.31. The van der Waals surface area contributed by atoms with Crippen LogP contribution in [-0.2, 0) is 11.2 Å². The van der Waals surface area contributed by atoms with Crippen LogP contribution in [-0.4, -0.2) is 24.6 Å². The Hall–Kier alpha value is -2.57. The molecule has 1 aromatic heterocycles. The first-order valence-corrected chi connectivity index (χ1v) is 10.7. The number of ether oxygens (including phenoxy) is 2. The second-order valence-corrected chi connectivity index (χ2v) is 7.68. The molecule has 0 spiro atoms. The van der Waals surface area contributed by atoms with Gasteiger partial charge in [-0.25, -0.2) is 4.98 Å². The molecule has 7 heteroatoms. The lowest BCUT2D eigenvalue weighted by Crippen LogP contribution is -2.15. The third-order valence-electron chi connectivity index (χ3n) is 4.21. The van der Waals surface area contributed by atoms with Gasteiger partial charge in [-0.3, -0.25) is 4.79 Å². The number of nitrogens with zero attached hydrogens (tertiary/aromatic N) is 1. The van der Waals surface area contributed by atoms with Crippen LogP contribution in [0.3, 0.4) is 0 Å². The topological polar surface area (TPSA) is 60.5 Å². The Balaban J connectivity index is 1.70. The summed E-state index contributed by atoms with van der Waals surface area (Å²) in [6.45, 7) is 2.70. The summed E-state index contributed by atoms with van der Waals surface area (Å²) in [4.78, 5) is 17.2. The van der Waals surface area contributed by atoms with E-state index in [2.05, 4.69) is 17.2 Å². The first-order valence-electron chi connectivity index (χ1n) is 9.40. The summed E-state index contributed by atoms with van der Waals surface area (Å²) >= 11 is 7.71. The lowest BCUT2D eigenvalue weighted by atomic mass is 10.2. The average Bonchev–Trinajstić information content (AvgIpc) is 3.17. The maximum Gasteiger partial charge on any atom is 0.230 e. The molecule has 0 aliphatic carbocycles. The Kier molecular flexibility index (Phi) is 7.49. The number of nitrogens with one attached hydrogen (secondary N) is 1. The molecule has 0 bridgehead atoms. The zero-order chi connectivity index (χ0) is 20.6. The van der Waals surface area contributed by atoms with Gasteiger partial charge < -0.3 is 14.8 Å². The molecule has 3 rings (SSSR count). The van der Waals surface area contributed by atoms with Crippen LogP contribution < -0.4 is 14.8 Å². The Morgan fingerprint density at radius 2 is 2.07 bits per heavy atom. The lowest BCUT2D eigenvalue weighted by molar-refractivity contribution is -0.115. The second kappa shape index (κ2) is 10.3. The third-order valence-corrected chi connectivity index (χ3v) is 5.47. The molecule has 1 N–H and O–H groups in total. The molecule has 0 fully saturated rings. The van der Waals surface area contributed by atoms with Gasteiger partial charge in [0.25, 0.3) is 0 Å². The Morgan fingerprint density at radius 1 is 1.24 bits per heavy atom. The SMILES string of the molecule is CCCCOc1ccc(OC)cc1NC(=O)Cc1csc(-c2ccccc2Cl)n1. The van der Waals surface area contributed by atoms with E-state index in [1.54, 1.807) is 13.2 Å². The standard InChI is InChI=1S/C22H23ClN2O3S/c1-3-4-11-28-20-10-9-16(27-2)13-19(20)25-21(26)12-15-14-29-22(24-15)17-7-5-6-8-18(17)23/h5-10,13-14H,3-4,11-12H2,1-2H3,(H,25,26). The van der Waals surface area contributed by atoms with Gasteiger partial charge in [0, 0.05) is 17.0 Å². The van der Waals surface area contributed by atoms with Crippen molar-refractivity contribution >= 4 is 34.5 Å². The largest absolute Gasteiger partial charge is 0.497 e. The van der Waals surface area contributed by atoms with E-state index >= 15 is 0 Å². The first kappa shape index (κ1) is 21.1. The molecule has 1 amide bonds. The molecule has 1 heterocycles. The number of hydrogen-bond acceptors (Lipinski definition) is 5. The highest BCUT2D eigenvalue weighted by molar-refractivity contribution is 7.13. The highest BCUT2D eigenvalue weighted by Gasteiger charge is 2.14. The third kappa shape index (κ3) is 5.71. The van der Waals surface area contributed by atoms with Crippen LogP contribution in [0.4, 0.5) is 5.69 Å². The van der Waals surface area contributed by atoms with Gasteiger partial charge in [-0.05, 0) is 24.6 Å². The van der Waals surface area contributed by atoms with Gasteiger partial charge in [0.2, 0.25) is 5.91 Å². The van der Waals surface area contributed by atoms with Crippen molar-refractivity contribution in [2.45, 2.75) is 26.2 Å². The summed E-state index contributed by atoms with van der Waals surface area (Å²) in [6, 6.07) is 12.9. The molecule has 0 saturated heterocycles. The van der Waals surface area contributed by atoms with E-state index in [1.165, 1.54) is 11.3 Å². The number of anilines is 1. The summed E-state index contributed by atoms with van der Waals surface area (Å²) in [7, 11) is 1.59. The zero-order valence-corrected chi connectivity index (χ0v) is 18.0. The molecule has 0 unspecified atom stereocenters. The van der Waals surface area contributed by atoms with Crippen molar-refractivity contribution in [1.82, 2.24) is 4.98 Å². The summed E-state index contributed by atoms with van der Waals surface area (Å²) in [5, 5.41) is 6.23. The van der Waals surface area contributed by atoms with Crippen LogP contribution in [0.1, 0.15) is 25.5 Å². The minimum Gasteiger partial charge on any atom is -0.497 e. The average molecular weight is 431 g/mol. The minimum atomic E-state index is -0.172. The van der Waals surface area contributed by atoms with Crippen molar-refractivity contribution in [2.75, 3.05) is 19.0 Å². The fourth-order valence-electron chi connectivity index (χ4n) is 2.69. The molecule has 5 nitrogen and oxygen atoms in total. The van der Waals surface area contributed by atoms with Crippen molar-refractivity contribution in [1.29, 1.82) is 0 Å². The van der Waals surface area contributed by atoms with E-state index < -0.39 is 0 Å². The smallest absolute Gasteiger partial charge is 0.230 e. The maximum atomic E-state index is 12.6. The van der Waals surface area contributed by atoms with Gasteiger partial charge in [0.05, 0.1) is 36.5 Å². The number of unbranched alkanes of at least 4 members (excludes halogenated alkanes) is 1. The quantitative estimate of drug-likeness (QED) is 0.433. The summed E-state index contributed by atoms with van der Waals surface area (Å²) < 4.78 is 11.1. The van der Waals surface area contributed by atoms with Crippen molar-refractivity contribution < 1.29 is 14.3 Å². The van der Waals surface area contributed by atoms with Crippen LogP contribution in [0.5, 0.6) is 11.5 Å². The fraction of sp³-hybridized carbons (Fsp3) is 0.273. The number of benzene rings is 2. The van der Waals surface area contributed by atoms with Gasteiger partial charge in [-0.15, -0.1) is 11.3 Å². The molecule has 0 saturated carbocycles. The molecule has 0 aliphatic rings. The molecule has 29 heavy (non-hydrogen) atoms. The molecule has 152 valence electrons. The van der Waals surface area contributed by atoms with E-state index in [-0.39, 0.29) is 12.3 Å². The monoisotopic (exact) mass is 430 g/mol. The molecule has 0 aliphatic heterocycles. The minimum absolute atomic E-state index is 0.159. The number of thiazole rings is 1. The Labute approximate surface area is 179 Å². The Morgan fingerprint density at radius 3 is 2.83 bits per heavy atom. The number of carbonyl (C=O) groups is 1. The molecule has 3 aromatic rings. The summed E-state index contributed by atoms with van der Waals surface area (Å²) in [6.07, 6.45) is 2.14. The number of halogens is 1. The van der Waals surface area contributed by atoms with Gasteiger partial charge in [0.15, 0.2) is 0 Å². The van der Waals surface area contributed by atoms with E-state index in [9.17, 15) is 4.79 Å². The first-order chi connectivity index (χ1) is 14.1. The van der Waals surface area contributed by atoms with Crippen molar-refractivity contribution in [3.8, 4) is 22.1 Å². The van der Waals surface area contributed by atoms with Crippen molar-refractivity contribution in [3.63, 3.8) is 0 Å². The van der Waals surface area contributed by atoms with Gasteiger partial charge >= 0.3 is 0 Å². The van der Waals surface area contributed by atoms with Crippen molar-refractivity contribution in [2.24, 2.45) is 0 Å². The lowest BCUT2D eigenvalue weighted by Gasteiger charge is -2.13. The number of aromatic nitrogens is 1. The number of hydrogen-bond donors (Lipinski definition) is 1. The molecular weight excluding hydrogens is 408 g/mol. The van der Waals surface area contributed by atoms with Crippen LogP contribution in [0.2, 0.25) is 5.02 Å². The fourth-order valence-corrected chi connectivity index (χ4v) is 3.83. The number of amides is 1. The molecule has 2 aromatic carbocycles. The highest BCUT2D eigenvalue weighted by atomic mass is 35.5. The van der Waals surface area contributed by atoms with Gasteiger partial charge in [-0.2, -0.15) is 0 Å². The normalized spacial score (nSPS) is 10.6. The van der Waals surface area contributed by atoms with E-state index in [1.807, 2.05) is 41.8 Å². The van der Waals surface area contributed by atoms with Crippen molar-refractivity contribution in [3.05, 3.63) is 58.6 Å². The Bertz CT molecular complexity index is 974. The van der Waals surface area contributed by atoms with Gasteiger partial charge in [0.1, 0.15) is 16.5 Å². The van der Waals surface area contributed by atoms with Crippen LogP contribution >= 0.6 is 22.9 Å². The molecule has 0 atom stereocenters. The molecule has 0 radical (unpaired) electrons. The number of carbonyl (C=O) groups excluding carboxylic acids is 1. The zero-order valence-electron chi connectivity index (χ0n) is 16.4. The number of rotatable bonds is 9.